The lowest BCUT2D eigenvalue weighted by atomic mass is 10.2. The number of carbonyl (C=O) groups excluding carboxylic acids is 1. The molecule has 5 nitrogen and oxygen atoms in total. The highest BCUT2D eigenvalue weighted by Crippen LogP contribution is 2.28. The van der Waals surface area contributed by atoms with Gasteiger partial charge in [0.05, 0.1) is 11.2 Å². The number of piperazine rings is 1. The van der Waals surface area contributed by atoms with E-state index in [2.05, 4.69) is 23.7 Å². The van der Waals surface area contributed by atoms with Crippen LogP contribution in [0.2, 0.25) is 5.02 Å². The van der Waals surface area contributed by atoms with Crippen molar-refractivity contribution in [2.24, 2.45) is 5.92 Å². The van der Waals surface area contributed by atoms with Crippen LogP contribution in [0.3, 0.4) is 0 Å². The molecule has 0 N–H and O–H groups in total. The Morgan fingerprint density at radius 2 is 1.96 bits per heavy atom. The Morgan fingerprint density at radius 3 is 2.65 bits per heavy atom. The molecule has 1 fully saturated rings. The monoisotopic (exact) mass is 375 g/mol. The topological polar surface area (TPSA) is 49.6 Å². The van der Waals surface area contributed by atoms with Crippen LogP contribution >= 0.6 is 11.6 Å². The van der Waals surface area contributed by atoms with E-state index in [9.17, 15) is 4.79 Å². The minimum Gasteiger partial charge on any atom is -0.441 e. The number of amides is 1. The molecule has 0 bridgehead atoms. The smallest absolute Gasteiger partial charge is 0.223 e. The van der Waals surface area contributed by atoms with E-state index in [-0.39, 0.29) is 5.91 Å². The second kappa shape index (κ2) is 8.69. The summed E-state index contributed by atoms with van der Waals surface area (Å²) in [5.41, 5.74) is 0.820. The molecule has 140 valence electrons. The molecule has 0 spiro atoms. The third-order valence-corrected chi connectivity index (χ3v) is 4.92. The molecule has 1 amide bonds. The van der Waals surface area contributed by atoms with Gasteiger partial charge in [0.2, 0.25) is 5.91 Å². The molecule has 3 rings (SSSR count). The van der Waals surface area contributed by atoms with Gasteiger partial charge in [-0.1, -0.05) is 37.6 Å². The van der Waals surface area contributed by atoms with Gasteiger partial charge in [-0.25, -0.2) is 4.98 Å². The van der Waals surface area contributed by atoms with Gasteiger partial charge in [-0.2, -0.15) is 0 Å². The fourth-order valence-corrected chi connectivity index (χ4v) is 3.51. The van der Waals surface area contributed by atoms with Crippen molar-refractivity contribution in [3.05, 3.63) is 41.4 Å². The molecular formula is C20H26ClN3O2. The van der Waals surface area contributed by atoms with E-state index in [0.29, 0.717) is 35.4 Å². The lowest BCUT2D eigenvalue weighted by Gasteiger charge is -2.35. The van der Waals surface area contributed by atoms with Gasteiger partial charge in [-0.05, 0) is 18.1 Å². The molecule has 1 aromatic heterocycles. The van der Waals surface area contributed by atoms with Crippen molar-refractivity contribution >= 4 is 17.5 Å². The normalized spacial score (nSPS) is 15.6. The summed E-state index contributed by atoms with van der Waals surface area (Å²) in [6.07, 6.45) is 2.61. The molecule has 1 aliphatic rings. The standard InChI is InChI=1S/C20H26ClN3O2/c1-15(2)14-23-9-11-24(12-10-23)20(25)8-7-19-22-13-18(26-19)16-5-3-4-6-17(16)21/h3-6,13,15H,7-12,14H2,1-2H3. The molecule has 0 aliphatic carbocycles. The van der Waals surface area contributed by atoms with Crippen molar-refractivity contribution in [3.63, 3.8) is 0 Å². The Balaban J connectivity index is 1.49. The van der Waals surface area contributed by atoms with E-state index in [0.717, 1.165) is 38.3 Å². The van der Waals surface area contributed by atoms with Crippen LogP contribution in [0.4, 0.5) is 0 Å². The van der Waals surface area contributed by atoms with Gasteiger partial charge in [0.25, 0.3) is 0 Å². The molecule has 6 heteroatoms. The van der Waals surface area contributed by atoms with Crippen LogP contribution in [0.1, 0.15) is 26.2 Å². The molecule has 1 saturated heterocycles. The van der Waals surface area contributed by atoms with E-state index in [4.69, 9.17) is 16.0 Å². The van der Waals surface area contributed by atoms with Gasteiger partial charge < -0.3 is 9.32 Å². The van der Waals surface area contributed by atoms with Crippen LogP contribution in [0, 0.1) is 5.92 Å². The number of rotatable bonds is 6. The first-order valence-corrected chi connectivity index (χ1v) is 9.60. The Labute approximate surface area is 159 Å². The summed E-state index contributed by atoms with van der Waals surface area (Å²) in [4.78, 5) is 21.1. The molecule has 0 unspecified atom stereocenters. The third-order valence-electron chi connectivity index (χ3n) is 4.59. The number of nitrogens with zero attached hydrogens (tertiary/aromatic N) is 3. The first-order chi connectivity index (χ1) is 12.5. The number of hydrogen-bond donors (Lipinski definition) is 0. The first kappa shape index (κ1) is 18.9. The minimum absolute atomic E-state index is 0.173. The molecule has 1 aliphatic heterocycles. The number of benzene rings is 1. The van der Waals surface area contributed by atoms with Gasteiger partial charge in [0.15, 0.2) is 11.7 Å². The number of hydrogen-bond acceptors (Lipinski definition) is 4. The van der Waals surface area contributed by atoms with E-state index in [1.54, 1.807) is 6.20 Å². The fourth-order valence-electron chi connectivity index (χ4n) is 3.28. The van der Waals surface area contributed by atoms with Crippen LogP contribution in [-0.2, 0) is 11.2 Å². The van der Waals surface area contributed by atoms with Gasteiger partial charge in [0.1, 0.15) is 0 Å². The van der Waals surface area contributed by atoms with Crippen molar-refractivity contribution in [1.82, 2.24) is 14.8 Å². The van der Waals surface area contributed by atoms with Gasteiger partial charge in [0, 0.05) is 51.1 Å². The highest BCUT2D eigenvalue weighted by molar-refractivity contribution is 6.33. The summed E-state index contributed by atoms with van der Waals surface area (Å²) in [5.74, 6) is 2.05. The quantitative estimate of drug-likeness (QED) is 0.772. The molecular weight excluding hydrogens is 350 g/mol. The number of halogens is 1. The van der Waals surface area contributed by atoms with E-state index in [1.807, 2.05) is 29.2 Å². The van der Waals surface area contributed by atoms with Crippen LogP contribution in [0.5, 0.6) is 0 Å². The van der Waals surface area contributed by atoms with E-state index in [1.165, 1.54) is 0 Å². The van der Waals surface area contributed by atoms with Crippen molar-refractivity contribution in [1.29, 1.82) is 0 Å². The molecule has 0 saturated carbocycles. The molecule has 1 aromatic carbocycles. The number of aryl methyl sites for hydroxylation is 1. The molecule has 2 heterocycles. The number of carbonyl (C=O) groups is 1. The number of oxazole rings is 1. The SMILES string of the molecule is CC(C)CN1CCN(C(=O)CCc2ncc(-c3ccccc3Cl)o2)CC1. The summed E-state index contributed by atoms with van der Waals surface area (Å²) < 4.78 is 5.77. The zero-order valence-corrected chi connectivity index (χ0v) is 16.2. The fraction of sp³-hybridized carbons (Fsp3) is 0.500. The van der Waals surface area contributed by atoms with E-state index >= 15 is 0 Å². The lowest BCUT2D eigenvalue weighted by Crippen LogP contribution is -2.49. The van der Waals surface area contributed by atoms with Gasteiger partial charge in [-0.15, -0.1) is 0 Å². The first-order valence-electron chi connectivity index (χ1n) is 9.22. The summed E-state index contributed by atoms with van der Waals surface area (Å²) in [5, 5.41) is 0.630. The Morgan fingerprint density at radius 1 is 1.23 bits per heavy atom. The molecule has 0 atom stereocenters. The Bertz CT molecular complexity index is 736. The predicted molar refractivity (Wildman–Crippen MR) is 103 cm³/mol. The largest absolute Gasteiger partial charge is 0.441 e. The second-order valence-electron chi connectivity index (χ2n) is 7.17. The van der Waals surface area contributed by atoms with Crippen LogP contribution in [0.15, 0.2) is 34.9 Å². The minimum atomic E-state index is 0.173. The number of aromatic nitrogens is 1. The average molecular weight is 376 g/mol. The lowest BCUT2D eigenvalue weighted by molar-refractivity contribution is -0.133. The molecule has 0 radical (unpaired) electrons. The summed E-state index contributed by atoms with van der Waals surface area (Å²) in [6.45, 7) is 9.09. The van der Waals surface area contributed by atoms with Crippen molar-refractivity contribution in [2.45, 2.75) is 26.7 Å². The summed E-state index contributed by atoms with van der Waals surface area (Å²) in [6, 6.07) is 7.50. The van der Waals surface area contributed by atoms with Gasteiger partial charge >= 0.3 is 0 Å². The molecule has 26 heavy (non-hydrogen) atoms. The maximum absolute atomic E-state index is 12.4. The maximum Gasteiger partial charge on any atom is 0.223 e. The van der Waals surface area contributed by atoms with Crippen LogP contribution in [-0.4, -0.2) is 53.4 Å². The molecule has 2 aromatic rings. The van der Waals surface area contributed by atoms with Crippen LogP contribution < -0.4 is 0 Å². The Kier molecular flexibility index (Phi) is 6.33. The van der Waals surface area contributed by atoms with E-state index < -0.39 is 0 Å². The maximum atomic E-state index is 12.4. The van der Waals surface area contributed by atoms with Crippen molar-refractivity contribution in [2.75, 3.05) is 32.7 Å². The summed E-state index contributed by atoms with van der Waals surface area (Å²) >= 11 is 6.19. The zero-order valence-electron chi connectivity index (χ0n) is 15.4. The third kappa shape index (κ3) is 4.86. The van der Waals surface area contributed by atoms with Crippen molar-refractivity contribution < 1.29 is 9.21 Å². The van der Waals surface area contributed by atoms with Gasteiger partial charge in [-0.3, -0.25) is 9.69 Å². The Hall–Kier alpha value is -1.85. The van der Waals surface area contributed by atoms with Crippen LogP contribution in [0.25, 0.3) is 11.3 Å². The summed E-state index contributed by atoms with van der Waals surface area (Å²) in [7, 11) is 0. The highest BCUT2D eigenvalue weighted by atomic mass is 35.5. The highest BCUT2D eigenvalue weighted by Gasteiger charge is 2.21. The zero-order chi connectivity index (χ0) is 18.5. The second-order valence-corrected chi connectivity index (χ2v) is 7.58. The van der Waals surface area contributed by atoms with Crippen molar-refractivity contribution in [3.8, 4) is 11.3 Å². The average Bonchev–Trinajstić information content (AvgIpc) is 3.09. The predicted octanol–water partition coefficient (Wildman–Crippen LogP) is 3.73.